The van der Waals surface area contributed by atoms with E-state index in [-0.39, 0.29) is 11.8 Å². The molecule has 0 radical (unpaired) electrons. The van der Waals surface area contributed by atoms with E-state index in [0.29, 0.717) is 18.4 Å². The number of likely N-dealkylation sites (tertiary alicyclic amines) is 2. The molecule has 5 heteroatoms. The highest BCUT2D eigenvalue weighted by atomic mass is 16.2. The summed E-state index contributed by atoms with van der Waals surface area (Å²) in [4.78, 5) is 29.2. The first-order chi connectivity index (χ1) is 11.7. The highest BCUT2D eigenvalue weighted by Gasteiger charge is 2.30. The minimum absolute atomic E-state index is 0.0938. The number of hydrogen-bond donors (Lipinski definition) is 1. The van der Waals surface area contributed by atoms with E-state index in [9.17, 15) is 9.59 Å². The van der Waals surface area contributed by atoms with Crippen LogP contribution in [0.4, 0.5) is 0 Å². The SMILES string of the molecule is O=C(CN1CCC[C@@H](C(=O)N2CCCCCC2)C1)NCC1CCC1. The third-order valence-corrected chi connectivity index (χ3v) is 5.95. The molecule has 24 heavy (non-hydrogen) atoms. The molecule has 3 aliphatic rings. The van der Waals surface area contributed by atoms with Crippen LogP contribution in [0.2, 0.25) is 0 Å². The predicted octanol–water partition coefficient (Wildman–Crippen LogP) is 2.02. The number of piperidine rings is 1. The van der Waals surface area contributed by atoms with E-state index in [1.54, 1.807) is 0 Å². The van der Waals surface area contributed by atoms with Crippen molar-refractivity contribution in [3.05, 3.63) is 0 Å². The number of nitrogens with one attached hydrogen (secondary N) is 1. The van der Waals surface area contributed by atoms with Gasteiger partial charge in [-0.2, -0.15) is 0 Å². The number of nitrogens with zero attached hydrogens (tertiary/aromatic N) is 2. The minimum atomic E-state index is 0.0938. The number of amides is 2. The van der Waals surface area contributed by atoms with Gasteiger partial charge in [0.05, 0.1) is 12.5 Å². The first-order valence-electron chi connectivity index (χ1n) is 10.0. The lowest BCUT2D eigenvalue weighted by Crippen LogP contribution is -2.48. The molecule has 0 unspecified atom stereocenters. The van der Waals surface area contributed by atoms with E-state index in [1.807, 2.05) is 0 Å². The molecule has 3 rings (SSSR count). The summed E-state index contributed by atoms with van der Waals surface area (Å²) in [6.07, 6.45) is 10.6. The van der Waals surface area contributed by atoms with Crippen LogP contribution < -0.4 is 5.32 Å². The van der Waals surface area contributed by atoms with Crippen molar-refractivity contribution in [3.63, 3.8) is 0 Å². The maximum absolute atomic E-state index is 12.8. The Morgan fingerprint density at radius 1 is 0.875 bits per heavy atom. The molecule has 2 heterocycles. The summed E-state index contributed by atoms with van der Waals surface area (Å²) in [7, 11) is 0. The summed E-state index contributed by atoms with van der Waals surface area (Å²) in [5.74, 6) is 1.25. The number of carbonyl (C=O) groups excluding carboxylic acids is 2. The average molecular weight is 335 g/mol. The van der Waals surface area contributed by atoms with Crippen LogP contribution in [0.5, 0.6) is 0 Å². The van der Waals surface area contributed by atoms with Gasteiger partial charge in [0.25, 0.3) is 0 Å². The van der Waals surface area contributed by atoms with E-state index in [0.717, 1.165) is 58.4 Å². The maximum atomic E-state index is 12.8. The van der Waals surface area contributed by atoms with Crippen molar-refractivity contribution < 1.29 is 9.59 Å². The second-order valence-electron chi connectivity index (χ2n) is 7.91. The van der Waals surface area contributed by atoms with Gasteiger partial charge in [-0.1, -0.05) is 19.3 Å². The molecule has 0 aromatic carbocycles. The first-order valence-corrected chi connectivity index (χ1v) is 10.0. The Bertz CT molecular complexity index is 428. The van der Waals surface area contributed by atoms with Crippen molar-refractivity contribution in [2.75, 3.05) is 39.3 Å². The van der Waals surface area contributed by atoms with Gasteiger partial charge in [0, 0.05) is 26.2 Å². The van der Waals surface area contributed by atoms with Crippen LogP contribution in [0.25, 0.3) is 0 Å². The quantitative estimate of drug-likeness (QED) is 0.836. The van der Waals surface area contributed by atoms with Gasteiger partial charge in [0.15, 0.2) is 0 Å². The van der Waals surface area contributed by atoms with Crippen molar-refractivity contribution in [2.45, 2.75) is 57.8 Å². The second kappa shape index (κ2) is 8.84. The van der Waals surface area contributed by atoms with Gasteiger partial charge in [-0.15, -0.1) is 0 Å². The summed E-state index contributed by atoms with van der Waals surface area (Å²) in [5, 5.41) is 3.07. The van der Waals surface area contributed by atoms with Gasteiger partial charge < -0.3 is 10.2 Å². The van der Waals surface area contributed by atoms with E-state index < -0.39 is 0 Å². The lowest BCUT2D eigenvalue weighted by Gasteiger charge is -2.34. The summed E-state index contributed by atoms with van der Waals surface area (Å²) in [6, 6.07) is 0. The highest BCUT2D eigenvalue weighted by molar-refractivity contribution is 5.80. The molecule has 2 saturated heterocycles. The Kier molecular flexibility index (Phi) is 6.52. The van der Waals surface area contributed by atoms with Crippen molar-refractivity contribution in [1.29, 1.82) is 0 Å². The summed E-state index contributed by atoms with van der Waals surface area (Å²) >= 11 is 0. The second-order valence-corrected chi connectivity index (χ2v) is 7.91. The molecule has 5 nitrogen and oxygen atoms in total. The van der Waals surface area contributed by atoms with Gasteiger partial charge in [0.2, 0.25) is 11.8 Å². The number of rotatable bonds is 5. The van der Waals surface area contributed by atoms with E-state index >= 15 is 0 Å². The highest BCUT2D eigenvalue weighted by Crippen LogP contribution is 2.25. The zero-order valence-electron chi connectivity index (χ0n) is 15.0. The summed E-state index contributed by atoms with van der Waals surface area (Å²) in [5.41, 5.74) is 0. The largest absolute Gasteiger partial charge is 0.355 e. The van der Waals surface area contributed by atoms with Gasteiger partial charge in [-0.05, 0) is 51.0 Å². The molecule has 3 fully saturated rings. The van der Waals surface area contributed by atoms with Crippen LogP contribution in [0.1, 0.15) is 57.8 Å². The molecule has 136 valence electrons. The van der Waals surface area contributed by atoms with Crippen molar-refractivity contribution in [3.8, 4) is 0 Å². The molecule has 2 amide bonds. The lowest BCUT2D eigenvalue weighted by atomic mass is 9.85. The van der Waals surface area contributed by atoms with Crippen molar-refractivity contribution in [2.24, 2.45) is 11.8 Å². The Morgan fingerprint density at radius 3 is 2.29 bits per heavy atom. The molecule has 0 bridgehead atoms. The fourth-order valence-electron chi connectivity index (χ4n) is 4.16. The third-order valence-electron chi connectivity index (χ3n) is 5.95. The standard InChI is InChI=1S/C19H33N3O2/c23-18(20-13-16-7-5-8-16)15-21-10-6-9-17(14-21)19(24)22-11-3-1-2-4-12-22/h16-17H,1-15H2,(H,20,23)/t17-/m1/s1. The van der Waals surface area contributed by atoms with Crippen LogP contribution in [0.3, 0.4) is 0 Å². The van der Waals surface area contributed by atoms with Crippen LogP contribution in [0.15, 0.2) is 0 Å². The zero-order valence-corrected chi connectivity index (χ0v) is 15.0. The fraction of sp³-hybridized carbons (Fsp3) is 0.895. The van der Waals surface area contributed by atoms with Crippen molar-refractivity contribution in [1.82, 2.24) is 15.1 Å². The van der Waals surface area contributed by atoms with Crippen LogP contribution in [0, 0.1) is 11.8 Å². The third kappa shape index (κ3) is 4.95. The van der Waals surface area contributed by atoms with E-state index in [4.69, 9.17) is 0 Å². The zero-order chi connectivity index (χ0) is 16.8. The van der Waals surface area contributed by atoms with Crippen LogP contribution in [-0.2, 0) is 9.59 Å². The minimum Gasteiger partial charge on any atom is -0.355 e. The average Bonchev–Trinajstić information content (AvgIpc) is 2.82. The molecule has 1 aliphatic carbocycles. The lowest BCUT2D eigenvalue weighted by molar-refractivity contribution is -0.138. The van der Waals surface area contributed by atoms with Gasteiger partial charge >= 0.3 is 0 Å². The monoisotopic (exact) mass is 335 g/mol. The van der Waals surface area contributed by atoms with E-state index in [2.05, 4.69) is 15.1 Å². The summed E-state index contributed by atoms with van der Waals surface area (Å²) < 4.78 is 0. The van der Waals surface area contributed by atoms with Gasteiger partial charge in [-0.3, -0.25) is 14.5 Å². The smallest absolute Gasteiger partial charge is 0.234 e. The van der Waals surface area contributed by atoms with Gasteiger partial charge in [0.1, 0.15) is 0 Å². The molecular weight excluding hydrogens is 302 g/mol. The molecule has 1 saturated carbocycles. The number of hydrogen-bond acceptors (Lipinski definition) is 3. The summed E-state index contributed by atoms with van der Waals surface area (Å²) in [6.45, 7) is 4.85. The topological polar surface area (TPSA) is 52.7 Å². The molecule has 0 spiro atoms. The molecule has 0 aromatic rings. The Morgan fingerprint density at radius 2 is 1.62 bits per heavy atom. The van der Waals surface area contributed by atoms with E-state index in [1.165, 1.54) is 32.1 Å². The Labute approximate surface area is 146 Å². The molecule has 1 N–H and O–H groups in total. The molecule has 2 aliphatic heterocycles. The Balaban J connectivity index is 1.42. The first kappa shape index (κ1) is 17.7. The number of carbonyl (C=O) groups is 2. The predicted molar refractivity (Wildman–Crippen MR) is 94.6 cm³/mol. The fourth-order valence-corrected chi connectivity index (χ4v) is 4.16. The maximum Gasteiger partial charge on any atom is 0.234 e. The molecule has 0 aromatic heterocycles. The molecule has 1 atom stereocenters. The van der Waals surface area contributed by atoms with Crippen LogP contribution >= 0.6 is 0 Å². The van der Waals surface area contributed by atoms with Gasteiger partial charge in [-0.25, -0.2) is 0 Å². The normalized spacial score (nSPS) is 26.5. The Hall–Kier alpha value is -1.10. The van der Waals surface area contributed by atoms with Crippen molar-refractivity contribution >= 4 is 11.8 Å². The van der Waals surface area contributed by atoms with Crippen LogP contribution in [-0.4, -0.2) is 60.9 Å². The molecular formula is C19H33N3O2.